The fraction of sp³-hybridized carbons (Fsp3) is 0.278. The lowest BCUT2D eigenvalue weighted by atomic mass is 10.0. The number of rotatable bonds is 3. The summed E-state index contributed by atoms with van der Waals surface area (Å²) in [5, 5.41) is 5.99. The minimum atomic E-state index is -0.496. The number of aromatic nitrogens is 1. The summed E-state index contributed by atoms with van der Waals surface area (Å²) in [5.74, 6) is 0.398. The van der Waals surface area contributed by atoms with Crippen LogP contribution in [0.2, 0.25) is 0 Å². The molecule has 0 unspecified atom stereocenters. The number of imide groups is 1. The zero-order chi connectivity index (χ0) is 17.6. The molecule has 0 spiro atoms. The first-order valence-electron chi connectivity index (χ1n) is 8.16. The molecule has 2 atom stereocenters. The Bertz CT molecular complexity index is 837. The minimum Gasteiger partial charge on any atom is -0.464 e. The molecule has 1 saturated heterocycles. The Morgan fingerprint density at radius 2 is 1.88 bits per heavy atom. The highest BCUT2D eigenvalue weighted by atomic mass is 16.5. The molecule has 1 aromatic carbocycles. The number of nitrogens with one attached hydrogen (secondary N) is 2. The fourth-order valence-electron chi connectivity index (χ4n) is 3.05. The van der Waals surface area contributed by atoms with Crippen molar-refractivity contribution in [3.63, 3.8) is 0 Å². The van der Waals surface area contributed by atoms with E-state index in [2.05, 4.69) is 15.6 Å². The maximum atomic E-state index is 12.5. The molecule has 0 saturated carbocycles. The first-order chi connectivity index (χ1) is 12.0. The first-order valence-corrected chi connectivity index (χ1v) is 8.16. The average Bonchev–Trinajstić information content (AvgIpc) is 3.16. The normalized spacial score (nSPS) is 21.8. The molecule has 2 aromatic rings. The number of nitrogens with zero attached hydrogens (tertiary/aromatic N) is 2. The van der Waals surface area contributed by atoms with Gasteiger partial charge >= 0.3 is 6.03 Å². The van der Waals surface area contributed by atoms with Crippen LogP contribution in [-0.2, 0) is 4.79 Å². The van der Waals surface area contributed by atoms with Gasteiger partial charge in [-0.1, -0.05) is 13.8 Å². The quantitative estimate of drug-likeness (QED) is 0.841. The number of amides is 3. The molecular formula is C18H18N4O3. The van der Waals surface area contributed by atoms with Crippen molar-refractivity contribution in [1.29, 1.82) is 0 Å². The Balaban J connectivity index is 1.60. The summed E-state index contributed by atoms with van der Waals surface area (Å²) in [7, 11) is 0. The Kier molecular flexibility index (Phi) is 3.56. The smallest absolute Gasteiger partial charge is 0.329 e. The largest absolute Gasteiger partial charge is 0.464 e. The molecule has 0 bridgehead atoms. The average molecular weight is 338 g/mol. The molecule has 2 aliphatic heterocycles. The van der Waals surface area contributed by atoms with Gasteiger partial charge in [0.2, 0.25) is 0 Å². The van der Waals surface area contributed by atoms with Crippen LogP contribution >= 0.6 is 0 Å². The summed E-state index contributed by atoms with van der Waals surface area (Å²) in [6.07, 6.45) is 3.09. The zero-order valence-electron chi connectivity index (χ0n) is 13.9. The molecule has 7 heteroatoms. The molecule has 0 radical (unpaired) electrons. The maximum absolute atomic E-state index is 12.5. The lowest BCUT2D eigenvalue weighted by molar-refractivity contribution is -0.119. The highest BCUT2D eigenvalue weighted by Gasteiger charge is 2.41. The number of ether oxygens (including phenoxy) is 1. The predicted molar refractivity (Wildman–Crippen MR) is 92.3 cm³/mol. The van der Waals surface area contributed by atoms with Gasteiger partial charge in [0, 0.05) is 24.0 Å². The molecule has 0 aliphatic carbocycles. The Morgan fingerprint density at radius 3 is 2.56 bits per heavy atom. The van der Waals surface area contributed by atoms with Crippen LogP contribution in [0.25, 0.3) is 0 Å². The van der Waals surface area contributed by atoms with Crippen LogP contribution in [0.1, 0.15) is 25.6 Å². The summed E-state index contributed by atoms with van der Waals surface area (Å²) in [6, 6.07) is 8.11. The molecule has 2 aliphatic rings. The molecule has 3 heterocycles. The third-order valence-electron chi connectivity index (χ3n) is 4.40. The summed E-state index contributed by atoms with van der Waals surface area (Å²) >= 11 is 0. The third kappa shape index (κ3) is 2.57. The van der Waals surface area contributed by atoms with Crippen molar-refractivity contribution in [1.82, 2.24) is 10.3 Å². The zero-order valence-corrected chi connectivity index (χ0v) is 13.9. The fourth-order valence-corrected chi connectivity index (χ4v) is 3.05. The summed E-state index contributed by atoms with van der Waals surface area (Å²) in [6.45, 7) is 3.81. The Hall–Kier alpha value is -3.09. The molecule has 1 fully saturated rings. The van der Waals surface area contributed by atoms with Gasteiger partial charge in [-0.05, 0) is 30.2 Å². The highest BCUT2D eigenvalue weighted by molar-refractivity contribution is 6.21. The van der Waals surface area contributed by atoms with E-state index in [1.165, 1.54) is 4.90 Å². The van der Waals surface area contributed by atoms with Gasteiger partial charge in [0.15, 0.2) is 6.23 Å². The third-order valence-corrected chi connectivity index (χ3v) is 4.40. The lowest BCUT2D eigenvalue weighted by Gasteiger charge is -2.15. The number of urea groups is 1. The van der Waals surface area contributed by atoms with E-state index >= 15 is 0 Å². The maximum Gasteiger partial charge on any atom is 0.329 e. The lowest BCUT2D eigenvalue weighted by Crippen LogP contribution is -2.34. The second-order valence-electron chi connectivity index (χ2n) is 6.45. The van der Waals surface area contributed by atoms with Gasteiger partial charge in [-0.2, -0.15) is 0 Å². The van der Waals surface area contributed by atoms with E-state index in [1.54, 1.807) is 24.5 Å². The van der Waals surface area contributed by atoms with E-state index in [0.717, 1.165) is 11.3 Å². The van der Waals surface area contributed by atoms with Gasteiger partial charge in [-0.3, -0.25) is 9.78 Å². The number of hydrogen-bond donors (Lipinski definition) is 2. The second-order valence-corrected chi connectivity index (χ2v) is 6.45. The topological polar surface area (TPSA) is 83.6 Å². The van der Waals surface area contributed by atoms with Gasteiger partial charge in [0.25, 0.3) is 5.91 Å². The number of hydrogen-bond acceptors (Lipinski definition) is 5. The van der Waals surface area contributed by atoms with Crippen LogP contribution < -0.4 is 20.3 Å². The SMILES string of the molecule is CC(C)[C@H]1NC(=O)N(c2ccc3c(c2)O[C@@H](c2ccncc2)N3)C1=O. The van der Waals surface area contributed by atoms with Gasteiger partial charge < -0.3 is 15.4 Å². The molecule has 3 amide bonds. The van der Waals surface area contributed by atoms with E-state index in [9.17, 15) is 9.59 Å². The van der Waals surface area contributed by atoms with Crippen molar-refractivity contribution in [3.05, 3.63) is 48.3 Å². The number of pyridine rings is 1. The van der Waals surface area contributed by atoms with Crippen molar-refractivity contribution < 1.29 is 14.3 Å². The highest BCUT2D eigenvalue weighted by Crippen LogP contribution is 2.40. The van der Waals surface area contributed by atoms with E-state index in [0.29, 0.717) is 11.4 Å². The first kappa shape index (κ1) is 15.4. The summed E-state index contributed by atoms with van der Waals surface area (Å²) < 4.78 is 5.93. The number of carbonyl (C=O) groups is 2. The van der Waals surface area contributed by atoms with Crippen LogP contribution in [0, 0.1) is 5.92 Å². The molecule has 25 heavy (non-hydrogen) atoms. The molecule has 7 nitrogen and oxygen atoms in total. The van der Waals surface area contributed by atoms with Crippen molar-refractivity contribution in [2.75, 3.05) is 10.2 Å². The monoisotopic (exact) mass is 338 g/mol. The van der Waals surface area contributed by atoms with Gasteiger partial charge in [-0.15, -0.1) is 0 Å². The molecule has 1 aromatic heterocycles. The summed E-state index contributed by atoms with van der Waals surface area (Å²) in [5.41, 5.74) is 2.27. The van der Waals surface area contributed by atoms with Gasteiger partial charge in [0.05, 0.1) is 11.4 Å². The van der Waals surface area contributed by atoms with Crippen molar-refractivity contribution in [2.45, 2.75) is 26.1 Å². The van der Waals surface area contributed by atoms with E-state index in [-0.39, 0.29) is 18.1 Å². The van der Waals surface area contributed by atoms with Crippen LogP contribution in [-0.4, -0.2) is 23.0 Å². The van der Waals surface area contributed by atoms with Gasteiger partial charge in [0.1, 0.15) is 11.8 Å². The summed E-state index contributed by atoms with van der Waals surface area (Å²) in [4.78, 5) is 29.9. The number of fused-ring (bicyclic) bond motifs is 1. The molecule has 2 N–H and O–H groups in total. The second kappa shape index (κ2) is 5.77. The van der Waals surface area contributed by atoms with Gasteiger partial charge in [-0.25, -0.2) is 9.69 Å². The van der Waals surface area contributed by atoms with E-state index in [4.69, 9.17) is 4.74 Å². The predicted octanol–water partition coefficient (Wildman–Crippen LogP) is 2.67. The molecular weight excluding hydrogens is 320 g/mol. The van der Waals surface area contributed by atoms with Crippen molar-refractivity contribution in [3.8, 4) is 5.75 Å². The Labute approximate surface area is 145 Å². The van der Waals surface area contributed by atoms with Crippen LogP contribution in [0.5, 0.6) is 5.75 Å². The molecule has 128 valence electrons. The van der Waals surface area contributed by atoms with Crippen molar-refractivity contribution >= 4 is 23.3 Å². The number of carbonyl (C=O) groups excluding carboxylic acids is 2. The van der Waals surface area contributed by atoms with Crippen LogP contribution in [0.15, 0.2) is 42.7 Å². The minimum absolute atomic E-state index is 0.0323. The Morgan fingerprint density at radius 1 is 1.12 bits per heavy atom. The van der Waals surface area contributed by atoms with Crippen LogP contribution in [0.3, 0.4) is 0 Å². The van der Waals surface area contributed by atoms with E-state index < -0.39 is 12.1 Å². The molecule has 4 rings (SSSR count). The number of anilines is 2. The standard InChI is InChI=1S/C18H18N4O3/c1-10(2)15-17(23)22(18(24)21-15)12-3-4-13-14(9-12)25-16(20-13)11-5-7-19-8-6-11/h3-10,15-16,20H,1-2H3,(H,21,24)/t15-,16+/m1/s1. The van der Waals surface area contributed by atoms with Crippen LogP contribution in [0.4, 0.5) is 16.2 Å². The number of benzene rings is 1. The van der Waals surface area contributed by atoms with Crippen molar-refractivity contribution in [2.24, 2.45) is 5.92 Å². The van der Waals surface area contributed by atoms with E-state index in [1.807, 2.05) is 32.0 Å².